The van der Waals surface area contributed by atoms with Gasteiger partial charge in [0.1, 0.15) is 5.75 Å². The van der Waals surface area contributed by atoms with Gasteiger partial charge in [0, 0.05) is 20.3 Å². The highest BCUT2D eigenvalue weighted by atomic mass is 127. The van der Waals surface area contributed by atoms with Crippen molar-refractivity contribution in [1.82, 2.24) is 0 Å². The van der Waals surface area contributed by atoms with Crippen molar-refractivity contribution in [1.29, 1.82) is 0 Å². The summed E-state index contributed by atoms with van der Waals surface area (Å²) in [5.74, 6) is 0.220. The molecule has 0 aromatic heterocycles. The smallest absolute Gasteiger partial charge is 0.197 e. The van der Waals surface area contributed by atoms with Crippen LogP contribution in [-0.2, 0) is 0 Å². The average molecular weight is 516 g/mol. The van der Waals surface area contributed by atoms with Gasteiger partial charge in [0.2, 0.25) is 0 Å². The molecule has 0 unspecified atom stereocenters. The number of ketones is 2. The van der Waals surface area contributed by atoms with Crippen LogP contribution in [0.4, 0.5) is 0 Å². The minimum Gasteiger partial charge on any atom is -0.495 e. The molecule has 3 nitrogen and oxygen atoms in total. The van der Waals surface area contributed by atoms with Gasteiger partial charge in [-0.2, -0.15) is 0 Å². The average Bonchev–Trinajstić information content (AvgIpc) is 2.73. The van der Waals surface area contributed by atoms with Crippen LogP contribution >= 0.6 is 45.2 Å². The maximum atomic E-state index is 12.4. The number of carbonyl (C=O) groups is 2. The summed E-state index contributed by atoms with van der Waals surface area (Å²) in [5.41, 5.74) is 1.87. The van der Waals surface area contributed by atoms with Gasteiger partial charge < -0.3 is 4.74 Å². The molecule has 2 aromatic carbocycles. The second-order valence-electron chi connectivity index (χ2n) is 4.77. The van der Waals surface area contributed by atoms with E-state index in [-0.39, 0.29) is 17.1 Å². The lowest BCUT2D eigenvalue weighted by Crippen LogP contribution is -2.01. The maximum absolute atomic E-state index is 12.4. The standard InChI is InChI=1S/C17H10I2O3/c1-22-17-9(6-10(18)8-14(17)19)7-13-15(20)11-4-2-3-5-12(11)16(13)21/h2-8H,1H3. The lowest BCUT2D eigenvalue weighted by molar-refractivity contribution is 0.0990. The Bertz CT molecular complexity index is 801. The van der Waals surface area contributed by atoms with Gasteiger partial charge in [-0.1, -0.05) is 24.3 Å². The molecular formula is C17H10I2O3. The van der Waals surface area contributed by atoms with Crippen LogP contribution in [0.15, 0.2) is 42.0 Å². The van der Waals surface area contributed by atoms with Crippen molar-refractivity contribution in [2.45, 2.75) is 0 Å². The van der Waals surface area contributed by atoms with Gasteiger partial charge in [0.05, 0.1) is 16.3 Å². The third-order valence-corrected chi connectivity index (χ3v) is 4.87. The Kier molecular flexibility index (Phi) is 4.35. The van der Waals surface area contributed by atoms with Crippen LogP contribution in [0.25, 0.3) is 6.08 Å². The highest BCUT2D eigenvalue weighted by molar-refractivity contribution is 14.1. The molecule has 0 bridgehead atoms. The molecule has 2 aromatic rings. The molecule has 0 fully saturated rings. The van der Waals surface area contributed by atoms with Crippen molar-refractivity contribution < 1.29 is 14.3 Å². The normalized spacial score (nSPS) is 13.3. The summed E-state index contributed by atoms with van der Waals surface area (Å²) in [6.07, 6.45) is 1.63. The molecule has 22 heavy (non-hydrogen) atoms. The summed E-state index contributed by atoms with van der Waals surface area (Å²) in [7, 11) is 1.58. The van der Waals surface area contributed by atoms with E-state index in [1.807, 2.05) is 12.1 Å². The van der Waals surface area contributed by atoms with Crippen LogP contribution in [0.1, 0.15) is 26.3 Å². The first-order valence-electron chi connectivity index (χ1n) is 6.46. The van der Waals surface area contributed by atoms with Crippen molar-refractivity contribution >= 4 is 62.8 Å². The van der Waals surface area contributed by atoms with E-state index in [0.29, 0.717) is 16.9 Å². The number of carbonyl (C=O) groups excluding carboxylic acids is 2. The van der Waals surface area contributed by atoms with Crippen molar-refractivity contribution in [3.05, 3.63) is 65.8 Å². The molecule has 3 rings (SSSR count). The molecular weight excluding hydrogens is 506 g/mol. The van der Waals surface area contributed by atoms with Crippen LogP contribution in [0, 0.1) is 7.14 Å². The van der Waals surface area contributed by atoms with E-state index < -0.39 is 0 Å². The first-order valence-corrected chi connectivity index (χ1v) is 8.62. The Labute approximate surface area is 155 Å². The van der Waals surface area contributed by atoms with Crippen molar-refractivity contribution in [2.24, 2.45) is 0 Å². The number of fused-ring (bicyclic) bond motifs is 1. The Balaban J connectivity index is 2.16. The van der Waals surface area contributed by atoms with Gasteiger partial charge in [0.15, 0.2) is 11.6 Å². The van der Waals surface area contributed by atoms with Crippen LogP contribution in [0.2, 0.25) is 0 Å². The van der Waals surface area contributed by atoms with Crippen molar-refractivity contribution in [2.75, 3.05) is 7.11 Å². The summed E-state index contributed by atoms with van der Waals surface area (Å²) in [6, 6.07) is 10.8. The quantitative estimate of drug-likeness (QED) is 0.339. The zero-order valence-electron chi connectivity index (χ0n) is 11.5. The summed E-state index contributed by atoms with van der Waals surface area (Å²) in [6.45, 7) is 0. The number of rotatable bonds is 2. The molecule has 0 atom stereocenters. The zero-order chi connectivity index (χ0) is 15.9. The summed E-state index contributed by atoms with van der Waals surface area (Å²) >= 11 is 4.38. The monoisotopic (exact) mass is 516 g/mol. The largest absolute Gasteiger partial charge is 0.495 e. The first kappa shape index (κ1) is 15.7. The topological polar surface area (TPSA) is 43.4 Å². The van der Waals surface area contributed by atoms with Crippen molar-refractivity contribution in [3.8, 4) is 5.75 Å². The molecule has 0 amide bonds. The van der Waals surface area contributed by atoms with E-state index in [0.717, 1.165) is 12.7 Å². The van der Waals surface area contributed by atoms with Gasteiger partial charge in [-0.05, 0) is 63.4 Å². The third-order valence-electron chi connectivity index (χ3n) is 3.45. The SMILES string of the molecule is COc1c(I)cc(I)cc1C=C1C(=O)c2ccccc2C1=O. The van der Waals surface area contributed by atoms with Gasteiger partial charge >= 0.3 is 0 Å². The Morgan fingerprint density at radius 1 is 1.00 bits per heavy atom. The lowest BCUT2D eigenvalue weighted by atomic mass is 10.1. The summed E-state index contributed by atoms with van der Waals surface area (Å²) in [5, 5.41) is 0. The van der Waals surface area contributed by atoms with Gasteiger partial charge in [-0.3, -0.25) is 9.59 Å². The highest BCUT2D eigenvalue weighted by Gasteiger charge is 2.32. The minimum absolute atomic E-state index is 0.192. The van der Waals surface area contributed by atoms with E-state index in [1.165, 1.54) is 0 Å². The fraction of sp³-hybridized carbons (Fsp3) is 0.0588. The van der Waals surface area contributed by atoms with Gasteiger partial charge in [-0.25, -0.2) is 0 Å². The molecule has 0 heterocycles. The Hall–Kier alpha value is -1.22. The van der Waals surface area contributed by atoms with E-state index in [1.54, 1.807) is 37.5 Å². The number of hydrogen-bond acceptors (Lipinski definition) is 3. The third kappa shape index (κ3) is 2.60. The highest BCUT2D eigenvalue weighted by Crippen LogP contribution is 2.33. The molecule has 0 saturated heterocycles. The molecule has 0 spiro atoms. The first-order chi connectivity index (χ1) is 10.5. The lowest BCUT2D eigenvalue weighted by Gasteiger charge is -2.09. The zero-order valence-corrected chi connectivity index (χ0v) is 15.8. The molecule has 5 heteroatoms. The van der Waals surface area contributed by atoms with Gasteiger partial charge in [-0.15, -0.1) is 0 Å². The second kappa shape index (κ2) is 6.11. The van der Waals surface area contributed by atoms with Crippen LogP contribution < -0.4 is 4.74 Å². The molecule has 110 valence electrons. The van der Waals surface area contributed by atoms with Crippen LogP contribution in [-0.4, -0.2) is 18.7 Å². The summed E-state index contributed by atoms with van der Waals surface area (Å²) in [4.78, 5) is 24.9. The number of ether oxygens (including phenoxy) is 1. The second-order valence-corrected chi connectivity index (χ2v) is 7.18. The minimum atomic E-state index is -0.225. The van der Waals surface area contributed by atoms with Crippen LogP contribution in [0.5, 0.6) is 5.75 Å². The number of Topliss-reactive ketones (excluding diaryl/α,β-unsaturated/α-hetero) is 2. The Morgan fingerprint density at radius 2 is 1.59 bits per heavy atom. The fourth-order valence-electron chi connectivity index (χ4n) is 2.46. The number of allylic oxidation sites excluding steroid dienone is 1. The van der Waals surface area contributed by atoms with Crippen LogP contribution in [0.3, 0.4) is 0 Å². The number of halogens is 2. The molecule has 0 N–H and O–H groups in total. The van der Waals surface area contributed by atoms with E-state index in [9.17, 15) is 9.59 Å². The van der Waals surface area contributed by atoms with E-state index in [2.05, 4.69) is 45.2 Å². The predicted molar refractivity (Wildman–Crippen MR) is 102 cm³/mol. The number of methoxy groups -OCH3 is 1. The van der Waals surface area contributed by atoms with E-state index in [4.69, 9.17) is 4.74 Å². The maximum Gasteiger partial charge on any atom is 0.197 e. The number of hydrogen-bond donors (Lipinski definition) is 0. The summed E-state index contributed by atoms with van der Waals surface area (Å²) < 4.78 is 7.37. The van der Waals surface area contributed by atoms with Crippen molar-refractivity contribution in [3.63, 3.8) is 0 Å². The Morgan fingerprint density at radius 3 is 2.14 bits per heavy atom. The molecule has 0 saturated carbocycles. The van der Waals surface area contributed by atoms with Gasteiger partial charge in [0.25, 0.3) is 0 Å². The van der Waals surface area contributed by atoms with E-state index >= 15 is 0 Å². The fourth-order valence-corrected chi connectivity index (χ4v) is 4.57. The molecule has 0 radical (unpaired) electrons. The molecule has 1 aliphatic rings. The predicted octanol–water partition coefficient (Wildman–Crippen LogP) is 4.37. The molecule has 0 aliphatic heterocycles. The molecule has 1 aliphatic carbocycles. The number of benzene rings is 2.